The van der Waals surface area contributed by atoms with Crippen molar-refractivity contribution < 1.29 is 37.7 Å². The number of carbonyl (C=O) groups is 1. The van der Waals surface area contributed by atoms with Crippen molar-refractivity contribution in [2.45, 2.75) is 43.4 Å². The average Bonchev–Trinajstić information content (AvgIpc) is 3.10. The van der Waals surface area contributed by atoms with Crippen LogP contribution in [0.5, 0.6) is 5.75 Å². The number of hydrogen-bond donors (Lipinski definition) is 3. The summed E-state index contributed by atoms with van der Waals surface area (Å²) in [5, 5.41) is 13.5. The molecule has 2 aliphatic rings. The first-order valence-corrected chi connectivity index (χ1v) is 12.4. The number of methoxy groups -OCH3 is 1. The van der Waals surface area contributed by atoms with Crippen LogP contribution in [-0.2, 0) is 28.1 Å². The molecule has 0 bridgehead atoms. The minimum Gasteiger partial charge on any atom is -0.468 e. The molecule has 0 radical (unpaired) electrons. The molecule has 1 aromatic heterocycles. The lowest BCUT2D eigenvalue weighted by Crippen LogP contribution is -2.57. The lowest BCUT2D eigenvalue weighted by molar-refractivity contribution is -0.227. The number of H-pyrrole nitrogens is 1. The van der Waals surface area contributed by atoms with Gasteiger partial charge in [-0.1, -0.05) is 18.2 Å². The Labute approximate surface area is 199 Å². The first-order valence-electron chi connectivity index (χ1n) is 10.8. The van der Waals surface area contributed by atoms with Gasteiger partial charge in [-0.25, -0.2) is 9.36 Å². The molecule has 0 amide bonds. The second kappa shape index (κ2) is 10.1. The number of carbonyl (C=O) groups excluding carboxylic acids is 1. The molecular weight excluding hydrogens is 485 g/mol. The summed E-state index contributed by atoms with van der Waals surface area (Å²) in [6, 6.07) is 8.28. The van der Waals surface area contributed by atoms with Crippen molar-refractivity contribution in [3.05, 3.63) is 63.4 Å². The van der Waals surface area contributed by atoms with Crippen LogP contribution in [0.2, 0.25) is 0 Å². The van der Waals surface area contributed by atoms with Crippen LogP contribution in [-0.4, -0.2) is 64.8 Å². The zero-order valence-corrected chi connectivity index (χ0v) is 19.9. The van der Waals surface area contributed by atoms with E-state index in [4.69, 9.17) is 18.5 Å². The Morgan fingerprint density at radius 2 is 2.06 bits per heavy atom. The summed E-state index contributed by atoms with van der Waals surface area (Å²) in [6.45, 7) is 1.31. The third-order valence-corrected chi connectivity index (χ3v) is 7.47. The van der Waals surface area contributed by atoms with E-state index in [1.54, 1.807) is 30.3 Å². The molecule has 190 valence electrons. The number of aliphatic hydroxyl groups is 1. The number of hydrogen-bond acceptors (Lipinski definition) is 10. The highest BCUT2D eigenvalue weighted by Crippen LogP contribution is 2.50. The standard InChI is InChI=1S/C21H26N3O10P/c1-13(18(27)30-2)23-35(29,34-14-6-4-3-5-7-14)32-12-15-17(26)21(9-11-31-21)19(33-15)24-10-8-16(25)22-20(24)28/h3-8,10,13,15,17,19,26H,9,11-12H2,1-2H3,(H,23,29)(H,22,25,28)/t13-,15?,17+,19?,21+,35?/m0/s1. The monoisotopic (exact) mass is 511 g/mol. The number of nitrogens with zero attached hydrogens (tertiary/aromatic N) is 1. The van der Waals surface area contributed by atoms with Crippen LogP contribution >= 0.6 is 7.75 Å². The van der Waals surface area contributed by atoms with E-state index in [2.05, 4.69) is 14.8 Å². The number of aliphatic hydroxyl groups excluding tert-OH is 1. The van der Waals surface area contributed by atoms with Crippen molar-refractivity contribution in [3.8, 4) is 5.75 Å². The van der Waals surface area contributed by atoms with Crippen molar-refractivity contribution in [2.24, 2.45) is 0 Å². The molecule has 6 atom stereocenters. The van der Waals surface area contributed by atoms with E-state index < -0.39 is 61.7 Å². The Morgan fingerprint density at radius 3 is 2.66 bits per heavy atom. The average molecular weight is 511 g/mol. The molecular formula is C21H26N3O10P. The first-order chi connectivity index (χ1) is 16.7. The molecule has 3 unspecified atom stereocenters. The van der Waals surface area contributed by atoms with Crippen LogP contribution in [0.1, 0.15) is 19.6 Å². The number of esters is 1. The summed E-state index contributed by atoms with van der Waals surface area (Å²) < 4.78 is 42.0. The molecule has 13 nitrogen and oxygen atoms in total. The number of para-hydroxylation sites is 1. The number of benzene rings is 1. The van der Waals surface area contributed by atoms with Gasteiger partial charge in [0.1, 0.15) is 29.6 Å². The van der Waals surface area contributed by atoms with E-state index in [0.29, 0.717) is 13.0 Å². The highest BCUT2D eigenvalue weighted by atomic mass is 31.2. The van der Waals surface area contributed by atoms with Gasteiger partial charge in [0.2, 0.25) is 0 Å². The number of rotatable bonds is 9. The highest BCUT2D eigenvalue weighted by molar-refractivity contribution is 7.52. The molecule has 4 rings (SSSR count). The second-order valence-corrected chi connectivity index (χ2v) is 9.81. The lowest BCUT2D eigenvalue weighted by Gasteiger charge is -2.44. The molecule has 14 heteroatoms. The molecule has 1 aromatic carbocycles. The van der Waals surface area contributed by atoms with Gasteiger partial charge in [-0.2, -0.15) is 5.09 Å². The molecule has 3 heterocycles. The summed E-state index contributed by atoms with van der Waals surface area (Å²) in [6.07, 6.45) is -1.80. The third-order valence-electron chi connectivity index (χ3n) is 5.83. The van der Waals surface area contributed by atoms with Crippen LogP contribution in [0.15, 0.2) is 52.2 Å². The number of aromatic nitrogens is 2. The van der Waals surface area contributed by atoms with Crippen LogP contribution in [0.25, 0.3) is 0 Å². The molecule has 3 N–H and O–H groups in total. The fraction of sp³-hybridized carbons (Fsp3) is 0.476. The topological polar surface area (TPSA) is 167 Å². The van der Waals surface area contributed by atoms with Crippen LogP contribution in [0, 0.1) is 0 Å². The minimum absolute atomic E-state index is 0.213. The predicted molar refractivity (Wildman–Crippen MR) is 120 cm³/mol. The fourth-order valence-electron chi connectivity index (χ4n) is 3.97. The van der Waals surface area contributed by atoms with Crippen LogP contribution in [0.3, 0.4) is 0 Å². The number of ether oxygens (including phenoxy) is 3. The highest BCUT2D eigenvalue weighted by Gasteiger charge is 2.62. The molecule has 0 aliphatic carbocycles. The van der Waals surface area contributed by atoms with Gasteiger partial charge >= 0.3 is 19.4 Å². The Bertz CT molecular complexity index is 1210. The van der Waals surface area contributed by atoms with Gasteiger partial charge in [0.25, 0.3) is 5.56 Å². The van der Waals surface area contributed by atoms with Crippen molar-refractivity contribution in [3.63, 3.8) is 0 Å². The lowest BCUT2D eigenvalue weighted by atomic mass is 9.86. The number of nitrogens with one attached hydrogen (secondary N) is 2. The summed E-state index contributed by atoms with van der Waals surface area (Å²) in [5.74, 6) is -0.480. The maximum atomic E-state index is 13.5. The van der Waals surface area contributed by atoms with Gasteiger partial charge in [0.05, 0.1) is 20.3 Å². The summed E-state index contributed by atoms with van der Waals surface area (Å²) in [7, 11) is -3.00. The van der Waals surface area contributed by atoms with E-state index in [1.807, 2.05) is 0 Å². The van der Waals surface area contributed by atoms with E-state index in [9.17, 15) is 24.1 Å². The first kappa shape index (κ1) is 25.3. The molecule has 2 aliphatic heterocycles. The van der Waals surface area contributed by atoms with Gasteiger partial charge in [-0.15, -0.1) is 0 Å². The van der Waals surface area contributed by atoms with E-state index >= 15 is 0 Å². The zero-order valence-electron chi connectivity index (χ0n) is 19.0. The molecule has 0 saturated carbocycles. The van der Waals surface area contributed by atoms with Gasteiger partial charge in [-0.05, 0) is 19.1 Å². The Balaban J connectivity index is 1.55. The summed E-state index contributed by atoms with van der Waals surface area (Å²) >= 11 is 0. The van der Waals surface area contributed by atoms with Crippen molar-refractivity contribution in [1.29, 1.82) is 0 Å². The molecule has 35 heavy (non-hydrogen) atoms. The van der Waals surface area contributed by atoms with Gasteiger partial charge in [0.15, 0.2) is 6.23 Å². The van der Waals surface area contributed by atoms with Crippen molar-refractivity contribution >= 4 is 13.7 Å². The van der Waals surface area contributed by atoms with Crippen molar-refractivity contribution in [2.75, 3.05) is 20.3 Å². The van der Waals surface area contributed by atoms with E-state index in [0.717, 1.165) is 10.6 Å². The van der Waals surface area contributed by atoms with Gasteiger partial charge in [-0.3, -0.25) is 23.7 Å². The largest absolute Gasteiger partial charge is 0.468 e. The third kappa shape index (κ3) is 5.10. The van der Waals surface area contributed by atoms with Gasteiger partial charge < -0.3 is 23.8 Å². The molecule has 1 spiro atoms. The normalized spacial score (nSPS) is 28.1. The van der Waals surface area contributed by atoms with E-state index in [-0.39, 0.29) is 5.75 Å². The quantitative estimate of drug-likeness (QED) is 0.313. The minimum atomic E-state index is -4.18. The Hall–Kier alpha value is -2.80. The SMILES string of the molecule is COC(=O)[C@H](C)NP(=O)(OCC1OC(n2ccc(=O)[nH]c2=O)[C@@]2(CCO2)[C@@H]1O)Oc1ccccc1. The smallest absolute Gasteiger partial charge is 0.459 e. The number of aromatic amines is 1. The van der Waals surface area contributed by atoms with E-state index in [1.165, 1.54) is 20.2 Å². The fourth-order valence-corrected chi connectivity index (χ4v) is 5.48. The van der Waals surface area contributed by atoms with Crippen LogP contribution in [0.4, 0.5) is 0 Å². The molecule has 2 fully saturated rings. The maximum Gasteiger partial charge on any atom is 0.459 e. The Morgan fingerprint density at radius 1 is 1.34 bits per heavy atom. The van der Waals surface area contributed by atoms with Crippen LogP contribution < -0.4 is 20.9 Å². The maximum absolute atomic E-state index is 13.5. The summed E-state index contributed by atoms with van der Waals surface area (Å²) in [5.41, 5.74) is -2.58. The zero-order chi connectivity index (χ0) is 25.2. The predicted octanol–water partition coefficient (Wildman–Crippen LogP) is 0.309. The van der Waals surface area contributed by atoms with Crippen molar-refractivity contribution in [1.82, 2.24) is 14.6 Å². The summed E-state index contributed by atoms with van der Waals surface area (Å²) in [4.78, 5) is 37.8. The molecule has 2 saturated heterocycles. The van der Waals surface area contributed by atoms with Gasteiger partial charge in [0, 0.05) is 18.7 Å². The Kier molecular flexibility index (Phi) is 7.27. The second-order valence-electron chi connectivity index (χ2n) is 8.11. The molecule has 2 aromatic rings.